The molecule has 2 heterocycles. The summed E-state index contributed by atoms with van der Waals surface area (Å²) in [5.74, 6) is 0.591. The highest BCUT2D eigenvalue weighted by atomic mass is 16.4. The third-order valence-electron chi connectivity index (χ3n) is 9.70. The minimum atomic E-state index is 0.591. The van der Waals surface area contributed by atoms with E-state index in [9.17, 15) is 0 Å². The molecule has 0 bridgehead atoms. The van der Waals surface area contributed by atoms with Gasteiger partial charge in [0.25, 0.3) is 0 Å². The molecule has 4 heteroatoms. The zero-order valence-electron chi connectivity index (χ0n) is 27.5. The molecule has 0 radical (unpaired) electrons. The molecule has 0 amide bonds. The normalized spacial score (nSPS) is 11.5. The fourth-order valence-electron chi connectivity index (χ4n) is 7.25. The summed E-state index contributed by atoms with van der Waals surface area (Å²) in [5.41, 5.74) is 11.6. The van der Waals surface area contributed by atoms with Crippen molar-refractivity contribution in [3.63, 3.8) is 0 Å². The Hall–Kier alpha value is -6.91. The summed E-state index contributed by atoms with van der Waals surface area (Å²) >= 11 is 0. The molecule has 2 aromatic heterocycles. The average molecular weight is 655 g/mol. The number of para-hydroxylation sites is 2. The molecule has 0 saturated carbocycles. The maximum absolute atomic E-state index is 6.79. The topological polar surface area (TPSA) is 42.4 Å². The van der Waals surface area contributed by atoms with Crippen LogP contribution in [0.1, 0.15) is 0 Å². The molecule has 0 aliphatic rings. The van der Waals surface area contributed by atoms with E-state index in [2.05, 4.69) is 144 Å². The van der Waals surface area contributed by atoms with Crippen molar-refractivity contribution in [1.82, 2.24) is 4.98 Å². The van der Waals surface area contributed by atoms with Crippen molar-refractivity contribution in [2.75, 3.05) is 4.90 Å². The maximum Gasteiger partial charge on any atom is 0.227 e. The molecule has 0 aliphatic carbocycles. The van der Waals surface area contributed by atoms with Crippen LogP contribution in [0.3, 0.4) is 0 Å². The molecular weight excluding hydrogens is 625 g/mol. The highest BCUT2D eigenvalue weighted by molar-refractivity contribution is 6.19. The number of hydrogen-bond acceptors (Lipinski definition) is 4. The van der Waals surface area contributed by atoms with E-state index >= 15 is 0 Å². The Bertz CT molecular complexity index is 2850. The molecule has 51 heavy (non-hydrogen) atoms. The van der Waals surface area contributed by atoms with Gasteiger partial charge in [-0.3, -0.25) is 0 Å². The number of furan rings is 1. The van der Waals surface area contributed by atoms with Crippen LogP contribution in [0, 0.1) is 0 Å². The zero-order valence-corrected chi connectivity index (χ0v) is 27.5. The van der Waals surface area contributed by atoms with Gasteiger partial charge in [0, 0.05) is 22.2 Å². The standard InChI is InChI=1S/C47H30N2O2/c1-3-13-33(14-4-1)38-18-9-10-20-40(38)49(37-26-24-32(25-27-37)36-23-22-31-12-7-8-17-35(31)30-36)41-21-11-19-39-44-42(50-46(39)41)28-29-43-45(44)48-47(51-43)34-15-5-2-6-16-34/h1-30H. The van der Waals surface area contributed by atoms with E-state index in [1.165, 1.54) is 16.3 Å². The Labute approximate surface area is 294 Å². The molecule has 10 aromatic rings. The monoisotopic (exact) mass is 654 g/mol. The van der Waals surface area contributed by atoms with Gasteiger partial charge in [0.05, 0.1) is 16.8 Å². The van der Waals surface area contributed by atoms with Crippen molar-refractivity contribution >= 4 is 60.9 Å². The van der Waals surface area contributed by atoms with E-state index in [1.807, 2.05) is 42.5 Å². The molecular formula is C47H30N2O2. The molecule has 0 unspecified atom stereocenters. The van der Waals surface area contributed by atoms with Gasteiger partial charge in [-0.2, -0.15) is 0 Å². The summed E-state index contributed by atoms with van der Waals surface area (Å²) in [7, 11) is 0. The van der Waals surface area contributed by atoms with Crippen LogP contribution in [0.25, 0.3) is 77.5 Å². The summed E-state index contributed by atoms with van der Waals surface area (Å²) in [4.78, 5) is 7.31. The lowest BCUT2D eigenvalue weighted by atomic mass is 9.99. The predicted molar refractivity (Wildman–Crippen MR) is 210 cm³/mol. The lowest BCUT2D eigenvalue weighted by Crippen LogP contribution is -2.11. The summed E-state index contributed by atoms with van der Waals surface area (Å²) < 4.78 is 13.1. The molecule has 0 N–H and O–H groups in total. The second-order valence-corrected chi connectivity index (χ2v) is 12.8. The Morgan fingerprint density at radius 2 is 1.10 bits per heavy atom. The van der Waals surface area contributed by atoms with Gasteiger partial charge >= 0.3 is 0 Å². The van der Waals surface area contributed by atoms with E-state index in [4.69, 9.17) is 13.8 Å². The third kappa shape index (κ3) is 4.96. The Kier molecular flexibility index (Phi) is 6.78. The van der Waals surface area contributed by atoms with Gasteiger partial charge in [0.15, 0.2) is 11.2 Å². The molecule has 0 fully saturated rings. The fourth-order valence-corrected chi connectivity index (χ4v) is 7.25. The van der Waals surface area contributed by atoms with Crippen LogP contribution in [0.15, 0.2) is 191 Å². The summed E-state index contributed by atoms with van der Waals surface area (Å²) in [6.07, 6.45) is 0. The van der Waals surface area contributed by atoms with Crippen molar-refractivity contribution in [1.29, 1.82) is 0 Å². The smallest absolute Gasteiger partial charge is 0.227 e. The molecule has 0 saturated heterocycles. The molecule has 240 valence electrons. The van der Waals surface area contributed by atoms with E-state index in [0.717, 1.165) is 72.4 Å². The van der Waals surface area contributed by atoms with Gasteiger partial charge in [-0.25, -0.2) is 4.98 Å². The number of aromatic nitrogens is 1. The van der Waals surface area contributed by atoms with Crippen LogP contribution in [0.5, 0.6) is 0 Å². The maximum atomic E-state index is 6.79. The Morgan fingerprint density at radius 3 is 1.92 bits per heavy atom. The van der Waals surface area contributed by atoms with E-state index in [0.29, 0.717) is 5.89 Å². The van der Waals surface area contributed by atoms with Gasteiger partial charge in [-0.15, -0.1) is 0 Å². The van der Waals surface area contributed by atoms with Crippen LogP contribution in [-0.2, 0) is 0 Å². The van der Waals surface area contributed by atoms with E-state index < -0.39 is 0 Å². The number of benzene rings is 8. The van der Waals surface area contributed by atoms with Crippen molar-refractivity contribution in [2.45, 2.75) is 0 Å². The van der Waals surface area contributed by atoms with E-state index in [1.54, 1.807) is 0 Å². The number of oxazole rings is 1. The fraction of sp³-hybridized carbons (Fsp3) is 0. The van der Waals surface area contributed by atoms with Crippen molar-refractivity contribution in [3.8, 4) is 33.7 Å². The van der Waals surface area contributed by atoms with Crippen LogP contribution < -0.4 is 4.90 Å². The molecule has 0 atom stereocenters. The molecule has 0 aliphatic heterocycles. The van der Waals surface area contributed by atoms with Gasteiger partial charge in [0.1, 0.15) is 11.1 Å². The van der Waals surface area contributed by atoms with Crippen LogP contribution >= 0.6 is 0 Å². The lowest BCUT2D eigenvalue weighted by Gasteiger charge is -2.28. The number of rotatable bonds is 6. The average Bonchev–Trinajstić information content (AvgIpc) is 3.81. The van der Waals surface area contributed by atoms with Crippen LogP contribution in [0.4, 0.5) is 17.1 Å². The third-order valence-corrected chi connectivity index (χ3v) is 9.70. The predicted octanol–water partition coefficient (Wildman–Crippen LogP) is 13.4. The quantitative estimate of drug-likeness (QED) is 0.179. The van der Waals surface area contributed by atoms with Gasteiger partial charge < -0.3 is 13.7 Å². The van der Waals surface area contributed by atoms with Gasteiger partial charge in [-0.1, -0.05) is 127 Å². The molecule has 4 nitrogen and oxygen atoms in total. The van der Waals surface area contributed by atoms with Gasteiger partial charge in [-0.05, 0) is 82.1 Å². The minimum Gasteiger partial charge on any atom is -0.454 e. The van der Waals surface area contributed by atoms with Crippen LogP contribution in [-0.4, -0.2) is 4.98 Å². The summed E-state index contributed by atoms with van der Waals surface area (Å²) in [5, 5.41) is 4.39. The minimum absolute atomic E-state index is 0.591. The highest BCUT2D eigenvalue weighted by Gasteiger charge is 2.24. The first-order valence-electron chi connectivity index (χ1n) is 17.1. The summed E-state index contributed by atoms with van der Waals surface area (Å²) in [6, 6.07) is 63.4. The Balaban J connectivity index is 1.17. The summed E-state index contributed by atoms with van der Waals surface area (Å²) in [6.45, 7) is 0. The largest absolute Gasteiger partial charge is 0.454 e. The number of fused-ring (bicyclic) bond motifs is 6. The van der Waals surface area contributed by atoms with E-state index in [-0.39, 0.29) is 0 Å². The number of nitrogens with zero attached hydrogens (tertiary/aromatic N) is 2. The lowest BCUT2D eigenvalue weighted by molar-refractivity contribution is 0.619. The molecule has 10 rings (SSSR count). The molecule has 8 aromatic carbocycles. The second kappa shape index (κ2) is 11.9. The molecule has 0 spiro atoms. The Morgan fingerprint density at radius 1 is 0.431 bits per heavy atom. The van der Waals surface area contributed by atoms with Gasteiger partial charge in [0.2, 0.25) is 5.89 Å². The van der Waals surface area contributed by atoms with Crippen molar-refractivity contribution < 1.29 is 8.83 Å². The first-order chi connectivity index (χ1) is 25.3. The SMILES string of the molecule is c1ccc(-c2nc3c(ccc4oc5c(N(c6ccc(-c7ccc8ccccc8c7)cc6)c6ccccc6-c6ccccc6)cccc5c43)o2)cc1. The second-order valence-electron chi connectivity index (χ2n) is 12.8. The van der Waals surface area contributed by atoms with Crippen molar-refractivity contribution in [2.24, 2.45) is 0 Å². The van der Waals surface area contributed by atoms with Crippen LogP contribution in [0.2, 0.25) is 0 Å². The zero-order chi connectivity index (χ0) is 33.7. The number of hydrogen-bond donors (Lipinski definition) is 0. The first kappa shape index (κ1) is 29.0. The number of anilines is 3. The highest BCUT2D eigenvalue weighted by Crippen LogP contribution is 2.46. The first-order valence-corrected chi connectivity index (χ1v) is 17.1. The van der Waals surface area contributed by atoms with Crippen molar-refractivity contribution in [3.05, 3.63) is 182 Å².